The van der Waals surface area contributed by atoms with Crippen LogP contribution < -0.4 is 10.5 Å². The third-order valence-electron chi connectivity index (χ3n) is 3.84. The maximum atomic E-state index is 12.8. The van der Waals surface area contributed by atoms with E-state index in [2.05, 4.69) is 0 Å². The summed E-state index contributed by atoms with van der Waals surface area (Å²) in [4.78, 5) is 0. The molecule has 2 aromatic rings. The van der Waals surface area contributed by atoms with Gasteiger partial charge in [-0.2, -0.15) is 0 Å². The summed E-state index contributed by atoms with van der Waals surface area (Å²) in [6.07, 6.45) is -2.17. The van der Waals surface area contributed by atoms with E-state index >= 15 is 0 Å². The largest absolute Gasteiger partial charge is 0.485 e. The van der Waals surface area contributed by atoms with Crippen LogP contribution in [0.3, 0.4) is 0 Å². The Balaban J connectivity index is 1.92. The Labute approximate surface area is 122 Å². The average Bonchev–Trinajstić information content (AvgIpc) is 2.48. The van der Waals surface area contributed by atoms with Crippen LogP contribution in [0.5, 0.6) is 5.75 Å². The van der Waals surface area contributed by atoms with E-state index in [1.54, 1.807) is 6.07 Å². The molecule has 0 aromatic heterocycles. The van der Waals surface area contributed by atoms with Gasteiger partial charge in [-0.15, -0.1) is 0 Å². The zero-order valence-electron chi connectivity index (χ0n) is 11.7. The van der Waals surface area contributed by atoms with Gasteiger partial charge in [0.05, 0.1) is 0 Å². The number of rotatable bonds is 2. The zero-order chi connectivity index (χ0) is 15.0. The summed E-state index contributed by atoms with van der Waals surface area (Å²) >= 11 is 0. The Hall–Kier alpha value is -1.94. The lowest BCUT2D eigenvalue weighted by Gasteiger charge is -2.31. The molecule has 2 nitrogen and oxygen atoms in total. The second-order valence-electron chi connectivity index (χ2n) is 5.46. The highest BCUT2D eigenvalue weighted by molar-refractivity contribution is 5.42. The third kappa shape index (κ3) is 2.76. The summed E-state index contributed by atoms with van der Waals surface area (Å²) in [5.74, 6) is 0.742. The average molecular weight is 289 g/mol. The maximum Gasteiger partial charge on any atom is 0.263 e. The van der Waals surface area contributed by atoms with Gasteiger partial charge in [-0.1, -0.05) is 35.9 Å². The molecule has 0 spiro atoms. The molecule has 0 saturated carbocycles. The van der Waals surface area contributed by atoms with Crippen molar-refractivity contribution in [1.82, 2.24) is 0 Å². The molecule has 0 bridgehead atoms. The fourth-order valence-electron chi connectivity index (χ4n) is 2.72. The van der Waals surface area contributed by atoms with Gasteiger partial charge < -0.3 is 10.5 Å². The van der Waals surface area contributed by atoms with Crippen molar-refractivity contribution in [3.05, 3.63) is 64.7 Å². The lowest BCUT2D eigenvalue weighted by Crippen LogP contribution is -2.24. The van der Waals surface area contributed by atoms with Gasteiger partial charge >= 0.3 is 0 Å². The van der Waals surface area contributed by atoms with Crippen LogP contribution in [0.4, 0.5) is 8.78 Å². The summed E-state index contributed by atoms with van der Waals surface area (Å²) in [6, 6.07) is 12.1. The molecular weight excluding hydrogens is 272 g/mol. The van der Waals surface area contributed by atoms with Crippen molar-refractivity contribution in [2.24, 2.45) is 5.73 Å². The molecule has 1 heterocycles. The lowest BCUT2D eigenvalue weighted by molar-refractivity contribution is 0.148. The van der Waals surface area contributed by atoms with Crippen LogP contribution in [0, 0.1) is 6.92 Å². The first-order chi connectivity index (χ1) is 10.0. The summed E-state index contributed by atoms with van der Waals surface area (Å²) in [7, 11) is 0. The first-order valence-corrected chi connectivity index (χ1v) is 6.95. The van der Waals surface area contributed by atoms with E-state index in [4.69, 9.17) is 10.5 Å². The molecule has 0 aliphatic carbocycles. The molecule has 0 amide bonds. The van der Waals surface area contributed by atoms with Crippen LogP contribution in [-0.2, 0) is 0 Å². The Morgan fingerprint density at radius 2 is 2.00 bits per heavy atom. The molecule has 110 valence electrons. The van der Waals surface area contributed by atoms with Crippen LogP contribution in [0.1, 0.15) is 47.2 Å². The minimum atomic E-state index is -2.47. The number of alkyl halides is 2. The molecule has 1 unspecified atom stereocenters. The van der Waals surface area contributed by atoms with Crippen LogP contribution >= 0.6 is 0 Å². The van der Waals surface area contributed by atoms with Crippen LogP contribution in [0.25, 0.3) is 0 Å². The second-order valence-corrected chi connectivity index (χ2v) is 5.46. The maximum absolute atomic E-state index is 12.8. The van der Waals surface area contributed by atoms with E-state index in [0.717, 1.165) is 22.4 Å². The standard InChI is InChI=1S/C17H17F2NO/c1-10-5-6-15-13(7-10)14(20)9-16(21-15)11-3-2-4-12(8-11)17(18)19/h2-8,14,16-17H,9,20H2,1H3/t14-,16?/m0/s1. The number of ether oxygens (including phenoxy) is 1. The van der Waals surface area contributed by atoms with Gasteiger partial charge in [0.15, 0.2) is 0 Å². The third-order valence-corrected chi connectivity index (χ3v) is 3.84. The van der Waals surface area contributed by atoms with Crippen molar-refractivity contribution < 1.29 is 13.5 Å². The summed E-state index contributed by atoms with van der Waals surface area (Å²) in [5, 5.41) is 0. The summed E-state index contributed by atoms with van der Waals surface area (Å²) in [5.41, 5.74) is 9.08. The molecule has 3 rings (SSSR count). The topological polar surface area (TPSA) is 35.2 Å². The first-order valence-electron chi connectivity index (χ1n) is 6.95. The Morgan fingerprint density at radius 1 is 1.19 bits per heavy atom. The molecular formula is C17H17F2NO. The fraction of sp³-hybridized carbons (Fsp3) is 0.294. The Bertz CT molecular complexity index is 657. The smallest absolute Gasteiger partial charge is 0.263 e. The van der Waals surface area contributed by atoms with Crippen molar-refractivity contribution in [1.29, 1.82) is 0 Å². The molecule has 2 N–H and O–H groups in total. The monoisotopic (exact) mass is 289 g/mol. The van der Waals surface area contributed by atoms with Crippen LogP contribution in [0.15, 0.2) is 42.5 Å². The van der Waals surface area contributed by atoms with Crippen molar-refractivity contribution in [3.63, 3.8) is 0 Å². The molecule has 4 heteroatoms. The van der Waals surface area contributed by atoms with Crippen LogP contribution in [-0.4, -0.2) is 0 Å². The minimum absolute atomic E-state index is 0.0133. The summed E-state index contributed by atoms with van der Waals surface area (Å²) < 4.78 is 31.6. The number of fused-ring (bicyclic) bond motifs is 1. The van der Waals surface area contributed by atoms with Gasteiger partial charge in [0.25, 0.3) is 6.43 Å². The van der Waals surface area contributed by atoms with Gasteiger partial charge in [-0.25, -0.2) is 8.78 Å². The second kappa shape index (κ2) is 5.45. The van der Waals surface area contributed by atoms with Gasteiger partial charge in [0, 0.05) is 23.6 Å². The molecule has 0 radical (unpaired) electrons. The van der Waals surface area contributed by atoms with Gasteiger partial charge in [0.2, 0.25) is 0 Å². The predicted molar refractivity (Wildman–Crippen MR) is 77.5 cm³/mol. The number of nitrogens with two attached hydrogens (primary N) is 1. The number of benzene rings is 2. The van der Waals surface area contributed by atoms with Gasteiger partial charge in [-0.05, 0) is 24.6 Å². The highest BCUT2D eigenvalue weighted by atomic mass is 19.3. The van der Waals surface area contributed by atoms with E-state index < -0.39 is 6.43 Å². The number of hydrogen-bond acceptors (Lipinski definition) is 2. The van der Waals surface area contributed by atoms with E-state index in [1.807, 2.05) is 31.2 Å². The lowest BCUT2D eigenvalue weighted by atomic mass is 9.92. The van der Waals surface area contributed by atoms with Crippen molar-refractivity contribution in [3.8, 4) is 5.75 Å². The Kier molecular flexibility index (Phi) is 3.64. The van der Waals surface area contributed by atoms with Crippen molar-refractivity contribution >= 4 is 0 Å². The van der Waals surface area contributed by atoms with Gasteiger partial charge in [-0.3, -0.25) is 0 Å². The molecule has 21 heavy (non-hydrogen) atoms. The number of halogens is 2. The minimum Gasteiger partial charge on any atom is -0.485 e. The molecule has 2 aromatic carbocycles. The molecule has 0 fully saturated rings. The normalized spacial score (nSPS) is 21.0. The molecule has 2 atom stereocenters. The summed E-state index contributed by atoms with van der Waals surface area (Å²) in [6.45, 7) is 2.01. The van der Waals surface area contributed by atoms with E-state index in [9.17, 15) is 8.78 Å². The number of aryl methyl sites for hydroxylation is 1. The first kappa shape index (κ1) is 14.0. The fourth-order valence-corrected chi connectivity index (χ4v) is 2.72. The quantitative estimate of drug-likeness (QED) is 0.886. The highest BCUT2D eigenvalue weighted by Gasteiger charge is 2.27. The van der Waals surface area contributed by atoms with E-state index in [0.29, 0.717) is 6.42 Å². The molecule has 1 aliphatic rings. The zero-order valence-corrected chi connectivity index (χ0v) is 11.7. The van der Waals surface area contributed by atoms with Crippen LogP contribution in [0.2, 0.25) is 0 Å². The highest BCUT2D eigenvalue weighted by Crippen LogP contribution is 2.40. The SMILES string of the molecule is Cc1ccc2c(c1)[C@@H](N)CC(c1cccc(C(F)F)c1)O2. The Morgan fingerprint density at radius 3 is 2.76 bits per heavy atom. The van der Waals surface area contributed by atoms with Gasteiger partial charge in [0.1, 0.15) is 11.9 Å². The van der Waals surface area contributed by atoms with E-state index in [1.165, 1.54) is 12.1 Å². The number of hydrogen-bond donors (Lipinski definition) is 1. The molecule has 1 aliphatic heterocycles. The van der Waals surface area contributed by atoms with Crippen molar-refractivity contribution in [2.45, 2.75) is 31.9 Å². The van der Waals surface area contributed by atoms with E-state index in [-0.39, 0.29) is 17.7 Å². The van der Waals surface area contributed by atoms with Crippen molar-refractivity contribution in [2.75, 3.05) is 0 Å². The molecule has 0 saturated heterocycles. The predicted octanol–water partition coefficient (Wildman–Crippen LogP) is 4.46.